The van der Waals surface area contributed by atoms with Crippen LogP contribution < -0.4 is 5.32 Å². The summed E-state index contributed by atoms with van der Waals surface area (Å²) in [6.45, 7) is 6.53. The van der Waals surface area contributed by atoms with Crippen LogP contribution >= 0.6 is 0 Å². The highest BCUT2D eigenvalue weighted by atomic mass is 16.3. The lowest BCUT2D eigenvalue weighted by Crippen LogP contribution is -2.42. The number of rotatable bonds is 5. The first-order chi connectivity index (χ1) is 9.97. The monoisotopic (exact) mass is 292 g/mol. The van der Waals surface area contributed by atoms with E-state index in [-0.39, 0.29) is 17.4 Å². The van der Waals surface area contributed by atoms with Gasteiger partial charge in [0.25, 0.3) is 5.91 Å². The van der Waals surface area contributed by atoms with E-state index in [1.54, 1.807) is 6.07 Å². The molecule has 1 amide bonds. The van der Waals surface area contributed by atoms with Crippen molar-refractivity contribution in [3.05, 3.63) is 23.8 Å². The van der Waals surface area contributed by atoms with Crippen LogP contribution in [0.2, 0.25) is 0 Å². The molecule has 1 heterocycles. The maximum absolute atomic E-state index is 12.6. The quantitative estimate of drug-likeness (QED) is 0.725. The summed E-state index contributed by atoms with van der Waals surface area (Å²) >= 11 is 0. The van der Waals surface area contributed by atoms with Crippen molar-refractivity contribution in [1.82, 2.24) is 10.2 Å². The number of nitrogens with zero attached hydrogens (tertiary/aromatic N) is 1. The van der Waals surface area contributed by atoms with Crippen molar-refractivity contribution in [2.45, 2.75) is 32.7 Å². The van der Waals surface area contributed by atoms with Crippen LogP contribution in [0.4, 0.5) is 0 Å². The second-order valence-electron chi connectivity index (χ2n) is 6.10. The van der Waals surface area contributed by atoms with E-state index < -0.39 is 0 Å². The molecular weight excluding hydrogens is 268 g/mol. The Labute approximate surface area is 125 Å². The Morgan fingerprint density at radius 2 is 2.14 bits per heavy atom. The molecule has 2 rings (SSSR count). The van der Waals surface area contributed by atoms with Gasteiger partial charge in [-0.15, -0.1) is 0 Å². The van der Waals surface area contributed by atoms with Crippen LogP contribution in [0.5, 0.6) is 11.5 Å². The highest BCUT2D eigenvalue weighted by Crippen LogP contribution is 2.25. The van der Waals surface area contributed by atoms with Gasteiger partial charge in [0, 0.05) is 24.7 Å². The molecule has 0 bridgehead atoms. The van der Waals surface area contributed by atoms with Gasteiger partial charge >= 0.3 is 0 Å². The predicted molar refractivity (Wildman–Crippen MR) is 81.5 cm³/mol. The van der Waals surface area contributed by atoms with Crippen LogP contribution in [-0.2, 0) is 0 Å². The lowest BCUT2D eigenvalue weighted by Gasteiger charge is -2.27. The molecule has 5 heteroatoms. The molecule has 0 radical (unpaired) electrons. The van der Waals surface area contributed by atoms with Crippen LogP contribution in [0, 0.1) is 5.92 Å². The molecule has 1 aromatic carbocycles. The predicted octanol–water partition coefficient (Wildman–Crippen LogP) is 1.95. The summed E-state index contributed by atoms with van der Waals surface area (Å²) in [5.41, 5.74) is 0.406. The van der Waals surface area contributed by atoms with Gasteiger partial charge in [-0.3, -0.25) is 4.79 Å². The van der Waals surface area contributed by atoms with E-state index in [1.807, 2.05) is 4.90 Å². The molecule has 0 saturated carbocycles. The molecule has 1 aliphatic heterocycles. The molecule has 0 spiro atoms. The molecule has 1 atom stereocenters. The second kappa shape index (κ2) is 6.80. The average molecular weight is 292 g/mol. The molecule has 1 saturated heterocycles. The maximum atomic E-state index is 12.6. The average Bonchev–Trinajstić information content (AvgIpc) is 2.93. The first-order valence-electron chi connectivity index (χ1n) is 7.52. The number of carbonyl (C=O) groups is 1. The molecule has 0 aliphatic carbocycles. The standard InChI is InChI=1S/C16H24N2O3/c1-11(2)9-18(10-13-4-3-7-17-13)16(21)12-5-6-14(19)15(20)8-12/h5-6,8,11,13,17,19-20H,3-4,7,9-10H2,1-2H3. The van der Waals surface area contributed by atoms with E-state index in [2.05, 4.69) is 19.2 Å². The summed E-state index contributed by atoms with van der Waals surface area (Å²) in [5, 5.41) is 22.3. The molecule has 5 nitrogen and oxygen atoms in total. The van der Waals surface area contributed by atoms with Crippen molar-refractivity contribution in [2.24, 2.45) is 5.92 Å². The van der Waals surface area contributed by atoms with Gasteiger partial charge in [0.2, 0.25) is 0 Å². The normalized spacial score (nSPS) is 18.1. The third-order valence-corrected chi connectivity index (χ3v) is 3.70. The number of hydrogen-bond acceptors (Lipinski definition) is 4. The molecular formula is C16H24N2O3. The zero-order valence-corrected chi connectivity index (χ0v) is 12.7. The van der Waals surface area contributed by atoms with Crippen molar-refractivity contribution >= 4 is 5.91 Å². The number of hydrogen-bond donors (Lipinski definition) is 3. The van der Waals surface area contributed by atoms with E-state index in [1.165, 1.54) is 12.1 Å². The minimum Gasteiger partial charge on any atom is -0.504 e. The third-order valence-electron chi connectivity index (χ3n) is 3.70. The molecule has 0 aromatic heterocycles. The lowest BCUT2D eigenvalue weighted by molar-refractivity contribution is 0.0721. The third kappa shape index (κ3) is 4.11. The van der Waals surface area contributed by atoms with Crippen molar-refractivity contribution in [1.29, 1.82) is 0 Å². The summed E-state index contributed by atoms with van der Waals surface area (Å²) in [6.07, 6.45) is 2.23. The van der Waals surface area contributed by atoms with E-state index in [0.29, 0.717) is 30.6 Å². The van der Waals surface area contributed by atoms with Crippen molar-refractivity contribution < 1.29 is 15.0 Å². The van der Waals surface area contributed by atoms with Gasteiger partial charge in [-0.25, -0.2) is 0 Å². The molecule has 1 aliphatic rings. The second-order valence-corrected chi connectivity index (χ2v) is 6.10. The van der Waals surface area contributed by atoms with Crippen LogP contribution in [0.3, 0.4) is 0 Å². The molecule has 1 aromatic rings. The Hall–Kier alpha value is -1.75. The SMILES string of the molecule is CC(C)CN(CC1CCCN1)C(=O)c1ccc(O)c(O)c1. The van der Waals surface area contributed by atoms with Crippen LogP contribution in [0.1, 0.15) is 37.0 Å². The van der Waals surface area contributed by atoms with E-state index >= 15 is 0 Å². The minimum atomic E-state index is -0.260. The summed E-state index contributed by atoms with van der Waals surface area (Å²) in [5.74, 6) is -0.197. The summed E-state index contributed by atoms with van der Waals surface area (Å²) in [7, 11) is 0. The molecule has 3 N–H and O–H groups in total. The molecule has 116 valence electrons. The fourth-order valence-electron chi connectivity index (χ4n) is 2.70. The number of carbonyl (C=O) groups excluding carboxylic acids is 1. The van der Waals surface area contributed by atoms with Gasteiger partial charge in [-0.05, 0) is 43.5 Å². The van der Waals surface area contributed by atoms with Gasteiger partial charge in [0.15, 0.2) is 11.5 Å². The van der Waals surface area contributed by atoms with E-state index in [9.17, 15) is 15.0 Å². The van der Waals surface area contributed by atoms with Gasteiger partial charge in [-0.1, -0.05) is 13.8 Å². The maximum Gasteiger partial charge on any atom is 0.254 e. The fraction of sp³-hybridized carbons (Fsp3) is 0.562. The Morgan fingerprint density at radius 3 is 2.71 bits per heavy atom. The number of phenolic OH excluding ortho intramolecular Hbond substituents is 2. The van der Waals surface area contributed by atoms with Gasteiger partial charge in [0.1, 0.15) is 0 Å². The van der Waals surface area contributed by atoms with Crippen molar-refractivity contribution in [2.75, 3.05) is 19.6 Å². The highest BCUT2D eigenvalue weighted by Gasteiger charge is 2.23. The minimum absolute atomic E-state index is 0.104. The van der Waals surface area contributed by atoms with Crippen LogP contribution in [0.25, 0.3) is 0 Å². The largest absolute Gasteiger partial charge is 0.504 e. The van der Waals surface area contributed by atoms with Crippen LogP contribution in [-0.4, -0.2) is 46.7 Å². The Kier molecular flexibility index (Phi) is 5.07. The van der Waals surface area contributed by atoms with Crippen molar-refractivity contribution in [3.8, 4) is 11.5 Å². The number of aromatic hydroxyl groups is 2. The van der Waals surface area contributed by atoms with Crippen molar-refractivity contribution in [3.63, 3.8) is 0 Å². The van der Waals surface area contributed by atoms with Gasteiger partial charge in [0.05, 0.1) is 0 Å². The van der Waals surface area contributed by atoms with E-state index in [0.717, 1.165) is 19.4 Å². The zero-order chi connectivity index (χ0) is 15.4. The highest BCUT2D eigenvalue weighted by molar-refractivity contribution is 5.95. The summed E-state index contributed by atoms with van der Waals surface area (Å²) in [4.78, 5) is 14.5. The fourth-order valence-corrected chi connectivity index (χ4v) is 2.70. The number of phenols is 2. The molecule has 1 fully saturated rings. The number of benzene rings is 1. The lowest BCUT2D eigenvalue weighted by atomic mass is 10.1. The summed E-state index contributed by atoms with van der Waals surface area (Å²) in [6, 6.07) is 4.57. The first-order valence-corrected chi connectivity index (χ1v) is 7.52. The number of nitrogens with one attached hydrogen (secondary N) is 1. The smallest absolute Gasteiger partial charge is 0.254 e. The number of amides is 1. The van der Waals surface area contributed by atoms with Crippen LogP contribution in [0.15, 0.2) is 18.2 Å². The Balaban J connectivity index is 2.13. The Bertz CT molecular complexity index is 496. The topological polar surface area (TPSA) is 72.8 Å². The van der Waals surface area contributed by atoms with E-state index in [4.69, 9.17) is 0 Å². The Morgan fingerprint density at radius 1 is 1.38 bits per heavy atom. The van der Waals surface area contributed by atoms with Gasteiger partial charge < -0.3 is 20.4 Å². The first kappa shape index (κ1) is 15.6. The zero-order valence-electron chi connectivity index (χ0n) is 12.7. The van der Waals surface area contributed by atoms with Gasteiger partial charge in [-0.2, -0.15) is 0 Å². The molecule has 21 heavy (non-hydrogen) atoms. The summed E-state index contributed by atoms with van der Waals surface area (Å²) < 4.78 is 0. The molecule has 1 unspecified atom stereocenters.